The van der Waals surface area contributed by atoms with Crippen LogP contribution < -0.4 is 21.3 Å². The molecule has 0 aliphatic carbocycles. The number of aromatic nitrogens is 3. The lowest BCUT2D eigenvalue weighted by atomic mass is 10.1. The third-order valence-corrected chi connectivity index (χ3v) is 6.44. The lowest BCUT2D eigenvalue weighted by Crippen LogP contribution is -2.55. The van der Waals surface area contributed by atoms with E-state index in [-0.39, 0.29) is 17.8 Å². The summed E-state index contributed by atoms with van der Waals surface area (Å²) in [6.07, 6.45) is 3.92. The van der Waals surface area contributed by atoms with Crippen LogP contribution in [0, 0.1) is 6.92 Å². The Morgan fingerprint density at radius 2 is 2.13 bits per heavy atom. The van der Waals surface area contributed by atoms with E-state index >= 15 is 0 Å². The summed E-state index contributed by atoms with van der Waals surface area (Å²) in [6, 6.07) is 2.01. The molecule has 1 unspecified atom stereocenters. The molecule has 0 spiro atoms. The molecule has 0 bridgehead atoms. The number of urea groups is 1. The molecule has 10 nitrogen and oxygen atoms in total. The number of rotatable bonds is 5. The summed E-state index contributed by atoms with van der Waals surface area (Å²) in [5.74, 6) is 0.109. The maximum Gasteiger partial charge on any atom is 0.317 e. The first kappa shape index (κ1) is 21.4. The van der Waals surface area contributed by atoms with Crippen LogP contribution in [-0.4, -0.2) is 76.5 Å². The van der Waals surface area contributed by atoms with Crippen LogP contribution in [-0.2, 0) is 6.42 Å². The van der Waals surface area contributed by atoms with Crippen LogP contribution >= 0.6 is 11.5 Å². The Balaban J connectivity index is 1.46. The minimum Gasteiger partial charge on any atom is -0.364 e. The van der Waals surface area contributed by atoms with Crippen LogP contribution in [0.25, 0.3) is 0 Å². The number of piperidine rings is 1. The first-order valence-electron chi connectivity index (χ1n) is 10.6. The quantitative estimate of drug-likeness (QED) is 0.613. The van der Waals surface area contributed by atoms with Gasteiger partial charge in [0.1, 0.15) is 11.5 Å². The molecule has 4 N–H and O–H groups in total. The first-order valence-corrected chi connectivity index (χ1v) is 11.4. The van der Waals surface area contributed by atoms with Gasteiger partial charge in [-0.05, 0) is 37.4 Å². The lowest BCUT2D eigenvalue weighted by Gasteiger charge is -2.36. The molecule has 2 aliphatic rings. The van der Waals surface area contributed by atoms with Crippen molar-refractivity contribution in [3.05, 3.63) is 34.2 Å². The molecule has 1 atom stereocenters. The summed E-state index contributed by atoms with van der Waals surface area (Å²) >= 11 is 1.39. The van der Waals surface area contributed by atoms with Gasteiger partial charge in [-0.3, -0.25) is 4.79 Å². The number of carbonyl (C=O) groups excluding carboxylic acids is 2. The first-order chi connectivity index (χ1) is 15.0. The number of nitrogens with two attached hydrogens (primary N) is 1. The van der Waals surface area contributed by atoms with Gasteiger partial charge in [-0.15, -0.1) is 0 Å². The van der Waals surface area contributed by atoms with E-state index in [4.69, 9.17) is 10.7 Å². The van der Waals surface area contributed by atoms with Gasteiger partial charge in [-0.1, -0.05) is 0 Å². The van der Waals surface area contributed by atoms with Crippen LogP contribution in [0.4, 0.5) is 10.6 Å². The van der Waals surface area contributed by atoms with Crippen LogP contribution in [0.3, 0.4) is 0 Å². The van der Waals surface area contributed by atoms with Crippen LogP contribution in [0.2, 0.25) is 0 Å². The Hall–Kier alpha value is -2.79. The highest BCUT2D eigenvalue weighted by molar-refractivity contribution is 7.05. The van der Waals surface area contributed by atoms with Crippen molar-refractivity contribution < 1.29 is 9.59 Å². The molecule has 2 aromatic rings. The van der Waals surface area contributed by atoms with Crippen molar-refractivity contribution in [2.24, 2.45) is 5.73 Å². The summed E-state index contributed by atoms with van der Waals surface area (Å²) < 4.78 is 4.29. The molecule has 166 valence electrons. The van der Waals surface area contributed by atoms with Gasteiger partial charge < -0.3 is 26.2 Å². The van der Waals surface area contributed by atoms with Crippen molar-refractivity contribution in [2.75, 3.05) is 44.2 Å². The molecule has 2 aliphatic heterocycles. The highest BCUT2D eigenvalue weighted by Crippen LogP contribution is 2.21. The molecule has 2 saturated heterocycles. The number of carbonyl (C=O) groups is 2. The van der Waals surface area contributed by atoms with Gasteiger partial charge in [-0.2, -0.15) is 4.37 Å². The van der Waals surface area contributed by atoms with Gasteiger partial charge in [0.2, 0.25) is 0 Å². The fraction of sp³-hybridized carbons (Fsp3) is 0.550. The van der Waals surface area contributed by atoms with Crippen molar-refractivity contribution in [3.8, 4) is 0 Å². The predicted octanol–water partition coefficient (Wildman–Crippen LogP) is 0.515. The number of nitrogens with one attached hydrogen (secondary N) is 2. The zero-order valence-electron chi connectivity index (χ0n) is 17.6. The summed E-state index contributed by atoms with van der Waals surface area (Å²) in [4.78, 5) is 38.5. The van der Waals surface area contributed by atoms with Crippen LogP contribution in [0.5, 0.6) is 0 Å². The predicted molar refractivity (Wildman–Crippen MR) is 118 cm³/mol. The van der Waals surface area contributed by atoms with Crippen molar-refractivity contribution >= 4 is 29.3 Å². The third-order valence-electron chi connectivity index (χ3n) is 5.56. The Labute approximate surface area is 185 Å². The Morgan fingerprint density at radius 3 is 2.84 bits per heavy atom. The number of piperazine rings is 1. The molecule has 4 heterocycles. The summed E-state index contributed by atoms with van der Waals surface area (Å²) in [6.45, 7) is 6.51. The topological polar surface area (TPSA) is 129 Å². The molecule has 11 heteroatoms. The second-order valence-corrected chi connectivity index (χ2v) is 8.86. The smallest absolute Gasteiger partial charge is 0.317 e. The maximum atomic E-state index is 12.6. The number of hydrogen-bond donors (Lipinski definition) is 3. The van der Waals surface area contributed by atoms with Gasteiger partial charge in [0.25, 0.3) is 5.91 Å². The molecule has 0 radical (unpaired) electrons. The maximum absolute atomic E-state index is 12.6. The summed E-state index contributed by atoms with van der Waals surface area (Å²) in [5, 5.41) is 6.42. The molecule has 0 aromatic carbocycles. The average molecular weight is 445 g/mol. The zero-order chi connectivity index (χ0) is 21.8. The van der Waals surface area contributed by atoms with Crippen LogP contribution in [0.1, 0.15) is 39.6 Å². The number of nitrogens with zero attached hydrogens (tertiary/aromatic N) is 5. The standard InChI is InChI=1S/C20H28N8O2S/c1-13-9-15(31-26-13)10-16-18(19(21)29)23-11-17(25-16)28-6-2-3-14(12-28)24-20(30)27-7-4-22-5-8-27/h9,11,14,22H,2-8,10,12H2,1H3,(H2,21,29)(H,24,30). The summed E-state index contributed by atoms with van der Waals surface area (Å²) in [5.41, 5.74) is 7.21. The number of aryl methyl sites for hydroxylation is 1. The molecule has 31 heavy (non-hydrogen) atoms. The van der Waals surface area contributed by atoms with E-state index in [1.54, 1.807) is 6.20 Å². The summed E-state index contributed by atoms with van der Waals surface area (Å²) in [7, 11) is 0. The van der Waals surface area contributed by atoms with E-state index in [9.17, 15) is 9.59 Å². The number of anilines is 1. The van der Waals surface area contributed by atoms with Gasteiger partial charge in [-0.25, -0.2) is 14.8 Å². The second-order valence-electron chi connectivity index (χ2n) is 7.97. The Bertz CT molecular complexity index is 943. The zero-order valence-corrected chi connectivity index (χ0v) is 18.5. The van der Waals surface area contributed by atoms with Crippen molar-refractivity contribution in [1.29, 1.82) is 0 Å². The van der Waals surface area contributed by atoms with E-state index in [0.717, 1.165) is 56.1 Å². The molecule has 2 aromatic heterocycles. The van der Waals surface area contributed by atoms with E-state index in [1.807, 2.05) is 17.9 Å². The van der Waals surface area contributed by atoms with Crippen molar-refractivity contribution in [1.82, 2.24) is 29.9 Å². The molecule has 3 amide bonds. The monoisotopic (exact) mass is 444 g/mol. The fourth-order valence-corrected chi connectivity index (χ4v) is 4.74. The van der Waals surface area contributed by atoms with Gasteiger partial charge >= 0.3 is 6.03 Å². The number of primary amides is 1. The molecular formula is C20H28N8O2S. The third kappa shape index (κ3) is 5.28. The number of amides is 3. The molecule has 4 rings (SSSR count). The Kier molecular flexibility index (Phi) is 6.62. The van der Waals surface area contributed by atoms with E-state index in [1.165, 1.54) is 11.5 Å². The fourth-order valence-electron chi connectivity index (χ4n) is 4.00. The van der Waals surface area contributed by atoms with E-state index in [0.29, 0.717) is 24.5 Å². The van der Waals surface area contributed by atoms with E-state index in [2.05, 4.69) is 24.9 Å². The highest BCUT2D eigenvalue weighted by Gasteiger charge is 2.26. The lowest BCUT2D eigenvalue weighted by molar-refractivity contribution is 0.0994. The molecular weight excluding hydrogens is 416 g/mol. The van der Waals surface area contributed by atoms with E-state index < -0.39 is 5.91 Å². The largest absolute Gasteiger partial charge is 0.364 e. The SMILES string of the molecule is Cc1cc(Cc2nc(N3CCCC(NC(=O)N4CCNCC4)C3)cnc2C(N)=O)sn1. The Morgan fingerprint density at radius 1 is 1.32 bits per heavy atom. The van der Waals surface area contributed by atoms with Crippen molar-refractivity contribution in [2.45, 2.75) is 32.2 Å². The van der Waals surface area contributed by atoms with Gasteiger partial charge in [0.15, 0.2) is 0 Å². The molecule has 2 fully saturated rings. The van der Waals surface area contributed by atoms with Gasteiger partial charge in [0, 0.05) is 56.6 Å². The van der Waals surface area contributed by atoms with Crippen molar-refractivity contribution in [3.63, 3.8) is 0 Å². The highest BCUT2D eigenvalue weighted by atomic mass is 32.1. The number of hydrogen-bond acceptors (Lipinski definition) is 8. The average Bonchev–Trinajstić information content (AvgIpc) is 3.19. The van der Waals surface area contributed by atoms with Gasteiger partial charge in [0.05, 0.1) is 17.6 Å². The molecule has 0 saturated carbocycles. The second kappa shape index (κ2) is 9.56. The van der Waals surface area contributed by atoms with Crippen LogP contribution in [0.15, 0.2) is 12.3 Å². The minimum atomic E-state index is -0.588. The normalized spacial score (nSPS) is 19.3. The minimum absolute atomic E-state index is 0.00948.